The first-order valence-electron chi connectivity index (χ1n) is 5.80. The van der Waals surface area contributed by atoms with Crippen LogP contribution in [0.3, 0.4) is 0 Å². The maximum Gasteiger partial charge on any atom is 0.307 e. The number of hydrogen-bond donors (Lipinski definition) is 3. The largest absolute Gasteiger partial charge is 0.497 e. The van der Waals surface area contributed by atoms with Crippen molar-refractivity contribution < 1.29 is 24.9 Å². The minimum Gasteiger partial charge on any atom is -0.497 e. The van der Waals surface area contributed by atoms with Gasteiger partial charge in [-0.15, -0.1) is 0 Å². The molecular weight excluding hydrogens is 316 g/mol. The maximum atomic E-state index is 10.8. The Labute approximate surface area is 120 Å². The monoisotopic (exact) mass is 332 g/mol. The summed E-state index contributed by atoms with van der Waals surface area (Å²) in [6.07, 6.45) is -1.94. The van der Waals surface area contributed by atoms with Gasteiger partial charge in [-0.05, 0) is 29.7 Å². The molecule has 106 valence electrons. The van der Waals surface area contributed by atoms with E-state index in [1.165, 1.54) is 7.11 Å². The average molecular weight is 333 g/mol. The third kappa shape index (κ3) is 4.49. The number of hydrogen-bond acceptors (Lipinski definition) is 4. The Hall–Kier alpha value is -1.11. The fourth-order valence-electron chi connectivity index (χ4n) is 1.78. The Morgan fingerprint density at radius 1 is 1.42 bits per heavy atom. The first-order chi connectivity index (χ1) is 8.99. The van der Waals surface area contributed by atoms with Gasteiger partial charge in [0.15, 0.2) is 0 Å². The summed E-state index contributed by atoms with van der Waals surface area (Å²) in [6.45, 7) is 0. The summed E-state index contributed by atoms with van der Waals surface area (Å²) in [5.41, 5.74) is 0.852. The number of carboxylic acid groups (broad SMARTS) is 1. The number of carbonyl (C=O) groups is 1. The number of aliphatic carboxylic acids is 1. The molecule has 0 heterocycles. The van der Waals surface area contributed by atoms with E-state index >= 15 is 0 Å². The summed E-state index contributed by atoms with van der Waals surface area (Å²) in [5.74, 6) is -0.483. The smallest absolute Gasteiger partial charge is 0.307 e. The van der Waals surface area contributed by atoms with E-state index in [0.29, 0.717) is 28.6 Å². The molecule has 0 aliphatic carbocycles. The van der Waals surface area contributed by atoms with Crippen molar-refractivity contribution >= 4 is 21.9 Å². The lowest BCUT2D eigenvalue weighted by molar-refractivity contribution is -0.136. The van der Waals surface area contributed by atoms with Gasteiger partial charge < -0.3 is 20.1 Å². The minimum atomic E-state index is -1.14. The number of benzene rings is 1. The number of rotatable bonds is 7. The second-order valence-corrected chi connectivity index (χ2v) is 4.92. The molecule has 1 aromatic carbocycles. The summed E-state index contributed by atoms with van der Waals surface area (Å²) in [4.78, 5) is 10.8. The molecule has 0 aliphatic rings. The molecule has 0 saturated carbocycles. The van der Waals surface area contributed by atoms with Crippen molar-refractivity contribution in [3.05, 3.63) is 29.3 Å². The van der Waals surface area contributed by atoms with E-state index in [-0.39, 0.29) is 6.42 Å². The SMILES string of the molecule is COc1ccc(CC(=O)O)c(C(O)C(O)CCBr)c1. The predicted octanol–water partition coefficient (Wildman–Crippen LogP) is 1.50. The van der Waals surface area contributed by atoms with Crippen LogP contribution in [0, 0.1) is 0 Å². The van der Waals surface area contributed by atoms with E-state index in [2.05, 4.69) is 15.9 Å². The summed E-state index contributed by atoms with van der Waals surface area (Å²) < 4.78 is 5.06. The summed E-state index contributed by atoms with van der Waals surface area (Å²) in [6, 6.07) is 4.78. The molecular formula is C13H17BrO5. The molecule has 6 heteroatoms. The van der Waals surface area contributed by atoms with Crippen molar-refractivity contribution in [3.63, 3.8) is 0 Å². The summed E-state index contributed by atoms with van der Waals surface area (Å²) in [7, 11) is 1.48. The van der Waals surface area contributed by atoms with Crippen molar-refractivity contribution in [2.45, 2.75) is 25.0 Å². The van der Waals surface area contributed by atoms with Crippen LogP contribution in [0.1, 0.15) is 23.7 Å². The van der Waals surface area contributed by atoms with Gasteiger partial charge in [0.1, 0.15) is 11.9 Å². The van der Waals surface area contributed by atoms with E-state index in [0.717, 1.165) is 0 Å². The van der Waals surface area contributed by atoms with E-state index < -0.39 is 18.2 Å². The molecule has 0 spiro atoms. The Morgan fingerprint density at radius 2 is 2.11 bits per heavy atom. The fourth-order valence-corrected chi connectivity index (χ4v) is 2.25. The molecule has 0 bridgehead atoms. The summed E-state index contributed by atoms with van der Waals surface area (Å²) in [5, 5.41) is 29.3. The number of halogens is 1. The lowest BCUT2D eigenvalue weighted by Crippen LogP contribution is -2.20. The van der Waals surface area contributed by atoms with Crippen LogP contribution < -0.4 is 4.74 Å². The fraction of sp³-hybridized carbons (Fsp3) is 0.462. The van der Waals surface area contributed by atoms with Gasteiger partial charge in [0.2, 0.25) is 0 Å². The van der Waals surface area contributed by atoms with Crippen molar-refractivity contribution in [2.75, 3.05) is 12.4 Å². The van der Waals surface area contributed by atoms with Crippen LogP contribution in [-0.4, -0.2) is 39.8 Å². The second-order valence-electron chi connectivity index (χ2n) is 4.13. The van der Waals surface area contributed by atoms with Crippen LogP contribution in [0.2, 0.25) is 0 Å². The molecule has 0 aliphatic heterocycles. The van der Waals surface area contributed by atoms with Crippen LogP contribution in [-0.2, 0) is 11.2 Å². The predicted molar refractivity (Wildman–Crippen MR) is 73.7 cm³/mol. The molecule has 5 nitrogen and oxygen atoms in total. The zero-order valence-corrected chi connectivity index (χ0v) is 12.1. The topological polar surface area (TPSA) is 87.0 Å². The first-order valence-corrected chi connectivity index (χ1v) is 6.92. The molecule has 0 aromatic heterocycles. The van der Waals surface area contributed by atoms with Crippen LogP contribution in [0.15, 0.2) is 18.2 Å². The van der Waals surface area contributed by atoms with E-state index in [4.69, 9.17) is 9.84 Å². The number of carboxylic acids is 1. The molecule has 0 radical (unpaired) electrons. The third-order valence-electron chi connectivity index (χ3n) is 2.78. The molecule has 0 saturated heterocycles. The molecule has 3 N–H and O–H groups in total. The van der Waals surface area contributed by atoms with Gasteiger partial charge in [-0.2, -0.15) is 0 Å². The average Bonchev–Trinajstić information content (AvgIpc) is 2.38. The molecule has 0 fully saturated rings. The molecule has 0 amide bonds. The quantitative estimate of drug-likeness (QED) is 0.659. The highest BCUT2D eigenvalue weighted by Crippen LogP contribution is 2.27. The van der Waals surface area contributed by atoms with Crippen molar-refractivity contribution in [3.8, 4) is 5.75 Å². The highest BCUT2D eigenvalue weighted by molar-refractivity contribution is 9.09. The molecule has 1 rings (SSSR count). The molecule has 2 unspecified atom stereocenters. The highest BCUT2D eigenvalue weighted by atomic mass is 79.9. The Morgan fingerprint density at radius 3 is 2.63 bits per heavy atom. The van der Waals surface area contributed by atoms with Gasteiger partial charge in [-0.3, -0.25) is 4.79 Å². The third-order valence-corrected chi connectivity index (χ3v) is 3.24. The molecule has 1 aromatic rings. The molecule has 19 heavy (non-hydrogen) atoms. The van der Waals surface area contributed by atoms with Gasteiger partial charge in [-0.1, -0.05) is 22.0 Å². The van der Waals surface area contributed by atoms with E-state index in [1.807, 2.05) is 0 Å². The van der Waals surface area contributed by atoms with Crippen LogP contribution in [0.5, 0.6) is 5.75 Å². The molecule has 2 atom stereocenters. The zero-order chi connectivity index (χ0) is 14.4. The zero-order valence-electron chi connectivity index (χ0n) is 10.5. The lowest BCUT2D eigenvalue weighted by atomic mass is 9.95. The van der Waals surface area contributed by atoms with Crippen molar-refractivity contribution in [1.29, 1.82) is 0 Å². The van der Waals surface area contributed by atoms with Gasteiger partial charge >= 0.3 is 5.97 Å². The van der Waals surface area contributed by atoms with Gasteiger partial charge in [0.05, 0.1) is 19.6 Å². The normalized spacial score (nSPS) is 13.9. The minimum absolute atomic E-state index is 0.211. The number of aliphatic hydroxyl groups excluding tert-OH is 2. The van der Waals surface area contributed by atoms with Crippen LogP contribution in [0.25, 0.3) is 0 Å². The van der Waals surface area contributed by atoms with Crippen LogP contribution >= 0.6 is 15.9 Å². The number of methoxy groups -OCH3 is 1. The van der Waals surface area contributed by atoms with Gasteiger partial charge in [0, 0.05) is 5.33 Å². The number of alkyl halides is 1. The number of aliphatic hydroxyl groups is 2. The van der Waals surface area contributed by atoms with E-state index in [9.17, 15) is 15.0 Å². The number of ether oxygens (including phenoxy) is 1. The standard InChI is InChI=1S/C13H17BrO5/c1-19-9-3-2-8(6-12(16)17)10(7-9)13(18)11(15)4-5-14/h2-3,7,11,13,15,18H,4-6H2,1H3,(H,16,17). The van der Waals surface area contributed by atoms with Crippen molar-refractivity contribution in [2.24, 2.45) is 0 Å². The lowest BCUT2D eigenvalue weighted by Gasteiger charge is -2.20. The second kappa shape index (κ2) is 7.47. The Kier molecular flexibility index (Phi) is 6.27. The summed E-state index contributed by atoms with van der Waals surface area (Å²) >= 11 is 3.19. The Balaban J connectivity index is 3.08. The Bertz CT molecular complexity index is 435. The van der Waals surface area contributed by atoms with Gasteiger partial charge in [0.25, 0.3) is 0 Å². The van der Waals surface area contributed by atoms with E-state index in [1.54, 1.807) is 18.2 Å². The van der Waals surface area contributed by atoms with Gasteiger partial charge in [-0.25, -0.2) is 0 Å². The first kappa shape index (κ1) is 15.9. The maximum absolute atomic E-state index is 10.8. The van der Waals surface area contributed by atoms with Crippen molar-refractivity contribution in [1.82, 2.24) is 0 Å². The highest BCUT2D eigenvalue weighted by Gasteiger charge is 2.22. The van der Waals surface area contributed by atoms with Crippen LogP contribution in [0.4, 0.5) is 0 Å².